The number of rotatable bonds is 7. The van der Waals surface area contributed by atoms with Crippen LogP contribution in [0.1, 0.15) is 37.3 Å². The van der Waals surface area contributed by atoms with Crippen LogP contribution in [0.3, 0.4) is 0 Å². The first kappa shape index (κ1) is 17.4. The summed E-state index contributed by atoms with van der Waals surface area (Å²) in [6.45, 7) is 8.04. The van der Waals surface area contributed by atoms with Crippen molar-refractivity contribution in [2.45, 2.75) is 45.1 Å². The Morgan fingerprint density at radius 2 is 2.17 bits per heavy atom. The van der Waals surface area contributed by atoms with Crippen molar-refractivity contribution >= 4 is 5.91 Å². The largest absolute Gasteiger partial charge is 0.382 e. The summed E-state index contributed by atoms with van der Waals surface area (Å²) in [5.41, 5.74) is 2.45. The van der Waals surface area contributed by atoms with Crippen LogP contribution in [0, 0.1) is 12.8 Å². The first-order valence-electron chi connectivity index (χ1n) is 9.18. The highest BCUT2D eigenvalue weighted by Crippen LogP contribution is 2.41. The summed E-state index contributed by atoms with van der Waals surface area (Å²) in [4.78, 5) is 14.4. The molecule has 24 heavy (non-hydrogen) atoms. The molecule has 0 aromatic heterocycles. The van der Waals surface area contributed by atoms with Gasteiger partial charge in [0.05, 0.1) is 13.1 Å². The van der Waals surface area contributed by atoms with Gasteiger partial charge in [-0.1, -0.05) is 24.3 Å². The zero-order valence-electron chi connectivity index (χ0n) is 14.9. The van der Waals surface area contributed by atoms with Gasteiger partial charge in [0.2, 0.25) is 5.91 Å². The highest BCUT2D eigenvalue weighted by molar-refractivity contribution is 5.77. The molecule has 0 saturated carbocycles. The predicted octanol–water partition coefficient (Wildman–Crippen LogP) is 2.97. The summed E-state index contributed by atoms with van der Waals surface area (Å²) in [5, 5.41) is 0. The summed E-state index contributed by atoms with van der Waals surface area (Å²) < 4.78 is 11.5. The number of ether oxygens (including phenoxy) is 2. The molecular formula is C20H29NO3. The molecule has 1 atom stereocenters. The van der Waals surface area contributed by atoms with E-state index < -0.39 is 0 Å². The third-order valence-corrected chi connectivity index (χ3v) is 5.55. The number of likely N-dealkylation sites (tertiary alicyclic amines) is 1. The molecule has 2 heterocycles. The van der Waals surface area contributed by atoms with Gasteiger partial charge in [0.25, 0.3) is 0 Å². The molecule has 0 bridgehead atoms. The van der Waals surface area contributed by atoms with Crippen molar-refractivity contribution < 1.29 is 14.3 Å². The fraction of sp³-hybridized carbons (Fsp3) is 0.650. The number of carbonyl (C=O) groups is 1. The molecule has 132 valence electrons. The summed E-state index contributed by atoms with van der Waals surface area (Å²) in [5.74, 6) is 0.785. The Kier molecular flexibility index (Phi) is 5.57. The van der Waals surface area contributed by atoms with Crippen LogP contribution in [-0.4, -0.2) is 49.3 Å². The van der Waals surface area contributed by atoms with Crippen LogP contribution in [0.15, 0.2) is 24.3 Å². The second-order valence-corrected chi connectivity index (χ2v) is 7.06. The van der Waals surface area contributed by atoms with Gasteiger partial charge in [0.1, 0.15) is 5.60 Å². The summed E-state index contributed by atoms with van der Waals surface area (Å²) in [6.07, 6.45) is 3.55. The standard InChI is InChI=1S/C20H29NO3/c1-3-23-12-10-18-11-13-24-20(18)14-21(15-20)19(22)9-8-17-7-5-4-6-16(17)2/h4-7,18H,3,8-15H2,1-2H3/t18-/m1/s1. The zero-order valence-corrected chi connectivity index (χ0v) is 14.9. The van der Waals surface area contributed by atoms with Gasteiger partial charge in [-0.05, 0) is 50.2 Å². The number of aryl methyl sites for hydroxylation is 2. The SMILES string of the molecule is CCOCC[C@@H]1CCOC12CN(C(=O)CCc1ccccc1C)C2. The molecule has 1 amide bonds. The molecule has 0 N–H and O–H groups in total. The minimum Gasteiger partial charge on any atom is -0.382 e. The van der Waals surface area contributed by atoms with Crippen molar-refractivity contribution in [2.24, 2.45) is 5.92 Å². The third-order valence-electron chi connectivity index (χ3n) is 5.55. The Balaban J connectivity index is 1.46. The van der Waals surface area contributed by atoms with Crippen molar-refractivity contribution in [3.05, 3.63) is 35.4 Å². The van der Waals surface area contributed by atoms with E-state index in [2.05, 4.69) is 19.1 Å². The van der Waals surface area contributed by atoms with Crippen LogP contribution >= 0.6 is 0 Å². The minimum atomic E-state index is -0.0879. The number of carbonyl (C=O) groups excluding carboxylic acids is 1. The molecule has 1 aromatic rings. The molecule has 2 aliphatic rings. The van der Waals surface area contributed by atoms with Gasteiger partial charge in [-0.25, -0.2) is 0 Å². The number of benzene rings is 1. The Morgan fingerprint density at radius 3 is 2.92 bits per heavy atom. The van der Waals surface area contributed by atoms with Gasteiger partial charge in [-0.3, -0.25) is 4.79 Å². The molecule has 1 aromatic carbocycles. The first-order chi connectivity index (χ1) is 11.6. The van der Waals surface area contributed by atoms with Crippen molar-refractivity contribution in [1.82, 2.24) is 4.90 Å². The molecule has 2 aliphatic heterocycles. The maximum atomic E-state index is 12.5. The van der Waals surface area contributed by atoms with E-state index in [0.29, 0.717) is 12.3 Å². The Bertz CT molecular complexity index is 566. The van der Waals surface area contributed by atoms with Gasteiger partial charge < -0.3 is 14.4 Å². The quantitative estimate of drug-likeness (QED) is 0.721. The van der Waals surface area contributed by atoms with E-state index in [4.69, 9.17) is 9.47 Å². The van der Waals surface area contributed by atoms with E-state index in [1.54, 1.807) is 0 Å². The lowest BCUT2D eigenvalue weighted by atomic mass is 9.79. The minimum absolute atomic E-state index is 0.0879. The lowest BCUT2D eigenvalue weighted by Gasteiger charge is -2.50. The molecule has 1 spiro atoms. The summed E-state index contributed by atoms with van der Waals surface area (Å²) in [6, 6.07) is 8.30. The zero-order chi connectivity index (χ0) is 17.0. The average Bonchev–Trinajstić information content (AvgIpc) is 2.97. The van der Waals surface area contributed by atoms with E-state index in [1.807, 2.05) is 24.0 Å². The van der Waals surface area contributed by atoms with E-state index in [0.717, 1.165) is 52.2 Å². The molecule has 0 aliphatic carbocycles. The topological polar surface area (TPSA) is 38.8 Å². The lowest BCUT2D eigenvalue weighted by Crippen LogP contribution is -2.66. The van der Waals surface area contributed by atoms with Gasteiger partial charge >= 0.3 is 0 Å². The normalized spacial score (nSPS) is 21.9. The number of hydrogen-bond donors (Lipinski definition) is 0. The summed E-state index contributed by atoms with van der Waals surface area (Å²) in [7, 11) is 0. The van der Waals surface area contributed by atoms with Gasteiger partial charge in [-0.15, -0.1) is 0 Å². The molecule has 2 fully saturated rings. The van der Waals surface area contributed by atoms with E-state index in [1.165, 1.54) is 11.1 Å². The first-order valence-corrected chi connectivity index (χ1v) is 9.18. The third kappa shape index (κ3) is 3.65. The number of hydrogen-bond acceptors (Lipinski definition) is 3. The Hall–Kier alpha value is -1.39. The molecule has 3 rings (SSSR count). The lowest BCUT2D eigenvalue weighted by molar-refractivity contribution is -0.166. The van der Waals surface area contributed by atoms with Crippen molar-refractivity contribution in [3.63, 3.8) is 0 Å². The van der Waals surface area contributed by atoms with Crippen molar-refractivity contribution in [3.8, 4) is 0 Å². The Labute approximate surface area is 145 Å². The van der Waals surface area contributed by atoms with Crippen LogP contribution in [0.2, 0.25) is 0 Å². The maximum Gasteiger partial charge on any atom is 0.223 e. The number of amides is 1. The molecule has 0 radical (unpaired) electrons. The highest BCUT2D eigenvalue weighted by atomic mass is 16.5. The monoisotopic (exact) mass is 331 g/mol. The van der Waals surface area contributed by atoms with Crippen LogP contribution in [-0.2, 0) is 20.7 Å². The fourth-order valence-electron chi connectivity index (χ4n) is 3.98. The van der Waals surface area contributed by atoms with Crippen LogP contribution in [0.4, 0.5) is 0 Å². The van der Waals surface area contributed by atoms with Crippen molar-refractivity contribution in [2.75, 3.05) is 32.9 Å². The fourth-order valence-corrected chi connectivity index (χ4v) is 3.98. The molecule has 0 unspecified atom stereocenters. The highest BCUT2D eigenvalue weighted by Gasteiger charge is 2.53. The van der Waals surface area contributed by atoms with Crippen molar-refractivity contribution in [1.29, 1.82) is 0 Å². The van der Waals surface area contributed by atoms with Gasteiger partial charge in [0, 0.05) is 26.2 Å². The smallest absolute Gasteiger partial charge is 0.223 e. The van der Waals surface area contributed by atoms with E-state index >= 15 is 0 Å². The van der Waals surface area contributed by atoms with Crippen LogP contribution in [0.25, 0.3) is 0 Å². The molecular weight excluding hydrogens is 302 g/mol. The predicted molar refractivity (Wildman–Crippen MR) is 94.0 cm³/mol. The molecule has 4 heteroatoms. The second kappa shape index (κ2) is 7.66. The summed E-state index contributed by atoms with van der Waals surface area (Å²) >= 11 is 0. The van der Waals surface area contributed by atoms with E-state index in [9.17, 15) is 4.79 Å². The molecule has 2 saturated heterocycles. The van der Waals surface area contributed by atoms with Gasteiger partial charge in [0.15, 0.2) is 0 Å². The van der Waals surface area contributed by atoms with Gasteiger partial charge in [-0.2, -0.15) is 0 Å². The number of nitrogens with zero attached hydrogens (tertiary/aromatic N) is 1. The average molecular weight is 331 g/mol. The van der Waals surface area contributed by atoms with Crippen LogP contribution in [0.5, 0.6) is 0 Å². The van der Waals surface area contributed by atoms with Crippen LogP contribution < -0.4 is 0 Å². The second-order valence-electron chi connectivity index (χ2n) is 7.06. The Morgan fingerprint density at radius 1 is 1.38 bits per heavy atom. The molecule has 4 nitrogen and oxygen atoms in total. The van der Waals surface area contributed by atoms with E-state index in [-0.39, 0.29) is 11.5 Å². The maximum absolute atomic E-state index is 12.5.